The molecule has 3 N–H and O–H groups in total. The normalized spacial score (nSPS) is 17.3. The number of carbonyl (C=O) groups is 2. The van der Waals surface area contributed by atoms with Gasteiger partial charge in [0.1, 0.15) is 11.0 Å². The highest BCUT2D eigenvalue weighted by atomic mass is 32.1. The monoisotopic (exact) mass is 297 g/mol. The Hall–Kier alpha value is -1.63. The Kier molecular flexibility index (Phi) is 4.59. The molecule has 0 bridgehead atoms. The number of rotatable bonds is 6. The van der Waals surface area contributed by atoms with Crippen molar-refractivity contribution in [2.75, 3.05) is 0 Å². The van der Waals surface area contributed by atoms with Gasteiger partial charge in [-0.2, -0.15) is 0 Å². The third kappa shape index (κ3) is 3.69. The van der Waals surface area contributed by atoms with Gasteiger partial charge in [-0.15, -0.1) is 11.3 Å². The summed E-state index contributed by atoms with van der Waals surface area (Å²) < 4.78 is 0. The third-order valence-corrected chi connectivity index (χ3v) is 4.61. The first-order valence-corrected chi connectivity index (χ1v) is 7.57. The van der Waals surface area contributed by atoms with Crippen molar-refractivity contribution in [1.82, 2.24) is 15.6 Å². The molecule has 1 heterocycles. The lowest BCUT2D eigenvalue weighted by Crippen LogP contribution is -2.47. The van der Waals surface area contributed by atoms with Gasteiger partial charge >= 0.3 is 12.0 Å². The van der Waals surface area contributed by atoms with E-state index in [4.69, 9.17) is 5.11 Å². The second-order valence-electron chi connectivity index (χ2n) is 5.01. The first kappa shape index (κ1) is 14.8. The molecule has 0 saturated heterocycles. The van der Waals surface area contributed by atoms with Gasteiger partial charge in [-0.05, 0) is 32.1 Å². The largest absolute Gasteiger partial charge is 0.480 e. The lowest BCUT2D eigenvalue weighted by Gasteiger charge is -2.16. The molecule has 2 atom stereocenters. The average Bonchev–Trinajstić information content (AvgIpc) is 3.11. The lowest BCUT2D eigenvalue weighted by molar-refractivity contribution is -0.139. The molecule has 6 nitrogen and oxygen atoms in total. The van der Waals surface area contributed by atoms with Crippen LogP contribution in [0, 0.1) is 5.92 Å². The number of thiazole rings is 1. The van der Waals surface area contributed by atoms with Gasteiger partial charge in [-0.1, -0.05) is 6.92 Å². The van der Waals surface area contributed by atoms with Crippen LogP contribution in [0.4, 0.5) is 4.79 Å². The van der Waals surface area contributed by atoms with Crippen molar-refractivity contribution >= 4 is 23.3 Å². The molecular formula is C13H19N3O3S. The molecule has 7 heteroatoms. The van der Waals surface area contributed by atoms with Gasteiger partial charge in [0.05, 0.1) is 6.04 Å². The number of amides is 2. The Morgan fingerprint density at radius 1 is 1.50 bits per heavy atom. The molecule has 0 spiro atoms. The maximum Gasteiger partial charge on any atom is 0.326 e. The van der Waals surface area contributed by atoms with E-state index in [9.17, 15) is 9.59 Å². The number of carboxylic acid groups (broad SMARTS) is 1. The standard InChI is InChI=1S/C13H19N3O3S/c1-3-9-6-14-11(20-9)7(2)15-13(19)16-10(12(17)18)8-4-5-8/h6-8,10H,3-5H2,1-2H3,(H,17,18)(H2,15,16,19). The summed E-state index contributed by atoms with van der Waals surface area (Å²) in [4.78, 5) is 28.3. The van der Waals surface area contributed by atoms with Crippen LogP contribution in [0.5, 0.6) is 0 Å². The molecule has 110 valence electrons. The van der Waals surface area contributed by atoms with Crippen LogP contribution < -0.4 is 10.6 Å². The molecule has 1 aromatic heterocycles. The summed E-state index contributed by atoms with van der Waals surface area (Å²) in [5.41, 5.74) is 0. The molecule has 2 unspecified atom stereocenters. The minimum Gasteiger partial charge on any atom is -0.480 e. The van der Waals surface area contributed by atoms with Crippen LogP contribution in [0.15, 0.2) is 6.20 Å². The number of urea groups is 1. The Balaban J connectivity index is 1.88. The minimum absolute atomic E-state index is 0.0695. The van der Waals surface area contributed by atoms with Crippen molar-refractivity contribution in [3.05, 3.63) is 16.1 Å². The number of nitrogens with one attached hydrogen (secondary N) is 2. The van der Waals surface area contributed by atoms with Gasteiger partial charge in [0.15, 0.2) is 0 Å². The van der Waals surface area contributed by atoms with E-state index >= 15 is 0 Å². The molecule has 1 fully saturated rings. The highest BCUT2D eigenvalue weighted by Crippen LogP contribution is 2.32. The van der Waals surface area contributed by atoms with Crippen LogP contribution in [0.25, 0.3) is 0 Å². The van der Waals surface area contributed by atoms with Crippen molar-refractivity contribution in [1.29, 1.82) is 0 Å². The Morgan fingerprint density at radius 3 is 2.70 bits per heavy atom. The zero-order chi connectivity index (χ0) is 14.7. The maximum atomic E-state index is 11.8. The molecule has 2 amide bonds. The summed E-state index contributed by atoms with van der Waals surface area (Å²) >= 11 is 1.56. The topological polar surface area (TPSA) is 91.3 Å². The Labute approximate surface area is 121 Å². The van der Waals surface area contributed by atoms with Crippen LogP contribution in [0.2, 0.25) is 0 Å². The number of nitrogens with zero attached hydrogens (tertiary/aromatic N) is 1. The van der Waals surface area contributed by atoms with E-state index in [2.05, 4.69) is 22.5 Å². The SMILES string of the molecule is CCc1cnc(C(C)NC(=O)NC(C(=O)O)C2CC2)s1. The summed E-state index contributed by atoms with van der Waals surface area (Å²) in [7, 11) is 0. The number of aliphatic carboxylic acids is 1. The summed E-state index contributed by atoms with van der Waals surface area (Å²) in [5.74, 6) is -0.905. The highest BCUT2D eigenvalue weighted by molar-refractivity contribution is 7.11. The highest BCUT2D eigenvalue weighted by Gasteiger charge is 2.37. The molecule has 0 radical (unpaired) electrons. The second kappa shape index (κ2) is 6.21. The summed E-state index contributed by atoms with van der Waals surface area (Å²) in [6, 6.07) is -1.47. The molecule has 1 aromatic rings. The summed E-state index contributed by atoms with van der Waals surface area (Å²) in [6.07, 6.45) is 4.44. The van der Waals surface area contributed by atoms with Gasteiger partial charge in [0.25, 0.3) is 0 Å². The number of hydrogen-bond acceptors (Lipinski definition) is 4. The number of hydrogen-bond donors (Lipinski definition) is 3. The quantitative estimate of drug-likeness (QED) is 0.748. The van der Waals surface area contributed by atoms with E-state index in [0.29, 0.717) is 0 Å². The van der Waals surface area contributed by atoms with E-state index in [1.807, 2.05) is 6.92 Å². The van der Waals surface area contributed by atoms with Crippen molar-refractivity contribution in [2.24, 2.45) is 5.92 Å². The predicted molar refractivity (Wildman–Crippen MR) is 75.7 cm³/mol. The van der Waals surface area contributed by atoms with Crippen LogP contribution in [-0.2, 0) is 11.2 Å². The first-order chi connectivity index (χ1) is 9.51. The summed E-state index contributed by atoms with van der Waals surface area (Å²) in [6.45, 7) is 3.89. The molecule has 2 rings (SSSR count). The van der Waals surface area contributed by atoms with Crippen LogP contribution in [0.1, 0.15) is 42.6 Å². The molecule has 1 saturated carbocycles. The average molecular weight is 297 g/mol. The van der Waals surface area contributed by atoms with Gasteiger partial charge in [-0.3, -0.25) is 0 Å². The molecular weight excluding hydrogens is 278 g/mol. The smallest absolute Gasteiger partial charge is 0.326 e. The van der Waals surface area contributed by atoms with E-state index in [1.54, 1.807) is 17.5 Å². The first-order valence-electron chi connectivity index (χ1n) is 6.75. The third-order valence-electron chi connectivity index (χ3n) is 3.28. The zero-order valence-corrected chi connectivity index (χ0v) is 12.4. The van der Waals surface area contributed by atoms with Gasteiger partial charge < -0.3 is 15.7 Å². The zero-order valence-electron chi connectivity index (χ0n) is 11.5. The number of carboxylic acids is 1. The van der Waals surface area contributed by atoms with Crippen molar-refractivity contribution in [3.63, 3.8) is 0 Å². The van der Waals surface area contributed by atoms with Crippen molar-refractivity contribution in [2.45, 2.75) is 45.2 Å². The van der Waals surface area contributed by atoms with Crippen molar-refractivity contribution in [3.8, 4) is 0 Å². The van der Waals surface area contributed by atoms with Crippen LogP contribution >= 0.6 is 11.3 Å². The summed E-state index contributed by atoms with van der Waals surface area (Å²) in [5, 5.41) is 15.2. The molecule has 0 aromatic carbocycles. The van der Waals surface area contributed by atoms with Crippen molar-refractivity contribution < 1.29 is 14.7 Å². The Bertz CT molecular complexity index is 499. The fourth-order valence-electron chi connectivity index (χ4n) is 1.94. The van der Waals surface area contributed by atoms with Crippen LogP contribution in [0.3, 0.4) is 0 Å². The van der Waals surface area contributed by atoms with Crippen LogP contribution in [-0.4, -0.2) is 28.1 Å². The number of aromatic nitrogens is 1. The number of carbonyl (C=O) groups excluding carboxylic acids is 1. The molecule has 0 aliphatic heterocycles. The predicted octanol–water partition coefficient (Wildman–Crippen LogP) is 1.93. The van der Waals surface area contributed by atoms with Gasteiger partial charge in [-0.25, -0.2) is 14.6 Å². The van der Waals surface area contributed by atoms with E-state index in [1.165, 1.54) is 0 Å². The number of aryl methyl sites for hydroxylation is 1. The fraction of sp³-hybridized carbons (Fsp3) is 0.615. The van der Waals surface area contributed by atoms with Gasteiger partial charge in [0.2, 0.25) is 0 Å². The van der Waals surface area contributed by atoms with E-state index in [0.717, 1.165) is 29.1 Å². The Morgan fingerprint density at radius 2 is 2.20 bits per heavy atom. The molecule has 1 aliphatic carbocycles. The molecule has 20 heavy (non-hydrogen) atoms. The maximum absolute atomic E-state index is 11.8. The van der Waals surface area contributed by atoms with Gasteiger partial charge in [0, 0.05) is 11.1 Å². The fourth-order valence-corrected chi connectivity index (χ4v) is 2.80. The molecule has 1 aliphatic rings. The van der Waals surface area contributed by atoms with E-state index in [-0.39, 0.29) is 12.0 Å². The minimum atomic E-state index is -0.974. The second-order valence-corrected chi connectivity index (χ2v) is 6.16. The lowest BCUT2D eigenvalue weighted by atomic mass is 10.2. The van der Waals surface area contributed by atoms with E-state index < -0.39 is 18.0 Å².